The number of ether oxygens (including phenoxy) is 1. The topological polar surface area (TPSA) is 63.2 Å². The van der Waals surface area contributed by atoms with E-state index >= 15 is 0 Å². The van der Waals surface area contributed by atoms with E-state index in [0.29, 0.717) is 0 Å². The molecule has 104 valence electrons. The van der Waals surface area contributed by atoms with Crippen molar-refractivity contribution in [2.75, 3.05) is 13.1 Å². The fourth-order valence-corrected chi connectivity index (χ4v) is 2.20. The molecule has 2 atom stereocenters. The summed E-state index contributed by atoms with van der Waals surface area (Å²) >= 11 is 0. The highest BCUT2D eigenvalue weighted by Gasteiger charge is 2.31. The molecule has 0 aliphatic carbocycles. The summed E-state index contributed by atoms with van der Waals surface area (Å²) in [6.45, 7) is 7.12. The zero-order valence-corrected chi connectivity index (χ0v) is 11.6. The van der Waals surface area contributed by atoms with Crippen molar-refractivity contribution < 1.29 is 9.53 Å². The van der Waals surface area contributed by atoms with Crippen molar-refractivity contribution in [2.45, 2.75) is 38.3 Å². The molecule has 1 aromatic heterocycles. The Bertz CT molecular complexity index is 428. The summed E-state index contributed by atoms with van der Waals surface area (Å²) in [6, 6.07) is 5.86. The van der Waals surface area contributed by atoms with E-state index < -0.39 is 5.60 Å². The lowest BCUT2D eigenvalue weighted by Gasteiger charge is -2.24. The van der Waals surface area contributed by atoms with Gasteiger partial charge in [-0.15, -0.1) is 0 Å². The smallest absolute Gasteiger partial charge is 0.407 e. The van der Waals surface area contributed by atoms with Gasteiger partial charge in [0.2, 0.25) is 0 Å². The monoisotopic (exact) mass is 263 g/mol. The molecule has 1 saturated heterocycles. The number of nitrogens with zero attached hydrogens (tertiary/aromatic N) is 1. The van der Waals surface area contributed by atoms with E-state index in [9.17, 15) is 4.79 Å². The van der Waals surface area contributed by atoms with Gasteiger partial charge >= 0.3 is 6.09 Å². The van der Waals surface area contributed by atoms with Crippen LogP contribution in [0.5, 0.6) is 0 Å². The zero-order valence-electron chi connectivity index (χ0n) is 11.6. The summed E-state index contributed by atoms with van der Waals surface area (Å²) in [7, 11) is 0. The maximum Gasteiger partial charge on any atom is 0.407 e. The van der Waals surface area contributed by atoms with Crippen LogP contribution in [-0.2, 0) is 4.74 Å². The number of amides is 1. The van der Waals surface area contributed by atoms with Crippen molar-refractivity contribution in [1.82, 2.24) is 15.6 Å². The van der Waals surface area contributed by atoms with Crippen LogP contribution in [0.15, 0.2) is 24.4 Å². The van der Waals surface area contributed by atoms with Gasteiger partial charge in [-0.2, -0.15) is 0 Å². The quantitative estimate of drug-likeness (QED) is 0.852. The Morgan fingerprint density at radius 1 is 1.42 bits per heavy atom. The van der Waals surface area contributed by atoms with Crippen molar-refractivity contribution in [3.05, 3.63) is 30.1 Å². The summed E-state index contributed by atoms with van der Waals surface area (Å²) in [6.07, 6.45) is 1.40. The van der Waals surface area contributed by atoms with Crippen LogP contribution in [0.25, 0.3) is 0 Å². The van der Waals surface area contributed by atoms with Gasteiger partial charge in [-0.3, -0.25) is 4.98 Å². The molecule has 2 N–H and O–H groups in total. The van der Waals surface area contributed by atoms with Crippen LogP contribution < -0.4 is 10.6 Å². The van der Waals surface area contributed by atoms with Crippen LogP contribution in [-0.4, -0.2) is 35.8 Å². The van der Waals surface area contributed by atoms with Gasteiger partial charge in [0.15, 0.2) is 0 Å². The SMILES string of the molecule is CC(C)(C)OC(=O)N[C@H]1CNC[C@H]1c1ccccn1. The van der Waals surface area contributed by atoms with Crippen molar-refractivity contribution >= 4 is 6.09 Å². The molecule has 0 bridgehead atoms. The number of pyridine rings is 1. The van der Waals surface area contributed by atoms with Gasteiger partial charge < -0.3 is 15.4 Å². The first kappa shape index (κ1) is 13.8. The van der Waals surface area contributed by atoms with Crippen LogP contribution in [0.2, 0.25) is 0 Å². The molecule has 2 heterocycles. The van der Waals surface area contributed by atoms with Crippen molar-refractivity contribution in [2.24, 2.45) is 0 Å². The van der Waals surface area contributed by atoms with Crippen LogP contribution in [0.3, 0.4) is 0 Å². The number of aromatic nitrogens is 1. The number of nitrogens with one attached hydrogen (secondary N) is 2. The van der Waals surface area contributed by atoms with Crippen LogP contribution >= 0.6 is 0 Å². The largest absolute Gasteiger partial charge is 0.444 e. The molecule has 1 fully saturated rings. The molecule has 0 radical (unpaired) electrons. The lowest BCUT2D eigenvalue weighted by Crippen LogP contribution is -2.42. The number of rotatable bonds is 2. The van der Waals surface area contributed by atoms with E-state index in [4.69, 9.17) is 4.74 Å². The minimum absolute atomic E-state index is 0.0183. The van der Waals surface area contributed by atoms with Gasteiger partial charge in [0.05, 0.1) is 6.04 Å². The summed E-state index contributed by atoms with van der Waals surface area (Å²) in [4.78, 5) is 16.2. The van der Waals surface area contributed by atoms with Gasteiger partial charge in [-0.1, -0.05) is 6.07 Å². The average molecular weight is 263 g/mol. The van der Waals surface area contributed by atoms with Gasteiger partial charge in [0.25, 0.3) is 0 Å². The van der Waals surface area contributed by atoms with E-state index in [1.807, 2.05) is 39.0 Å². The van der Waals surface area contributed by atoms with E-state index in [2.05, 4.69) is 15.6 Å². The standard InChI is InChI=1S/C14H21N3O2/c1-14(2,3)19-13(18)17-12-9-15-8-10(12)11-6-4-5-7-16-11/h4-7,10,12,15H,8-9H2,1-3H3,(H,17,18)/t10-,12-/m0/s1. The molecule has 5 nitrogen and oxygen atoms in total. The van der Waals surface area contributed by atoms with Crippen LogP contribution in [0.1, 0.15) is 32.4 Å². The summed E-state index contributed by atoms with van der Waals surface area (Å²) in [5, 5.41) is 6.20. The number of hydrogen-bond acceptors (Lipinski definition) is 4. The Morgan fingerprint density at radius 3 is 2.84 bits per heavy atom. The molecule has 19 heavy (non-hydrogen) atoms. The molecular formula is C14H21N3O2. The first-order valence-electron chi connectivity index (χ1n) is 6.57. The number of alkyl carbamates (subject to hydrolysis) is 1. The fraction of sp³-hybridized carbons (Fsp3) is 0.571. The Balaban J connectivity index is 1.98. The van der Waals surface area contributed by atoms with Crippen LogP contribution in [0.4, 0.5) is 4.79 Å². The summed E-state index contributed by atoms with van der Waals surface area (Å²) in [5.41, 5.74) is 0.518. The molecule has 0 saturated carbocycles. The van der Waals surface area contributed by atoms with Crippen molar-refractivity contribution in [3.8, 4) is 0 Å². The predicted octanol–water partition coefficient (Wildman–Crippen LogP) is 1.66. The second-order valence-electron chi connectivity index (χ2n) is 5.77. The third-order valence-electron chi connectivity index (χ3n) is 2.98. The molecule has 0 spiro atoms. The summed E-state index contributed by atoms with van der Waals surface area (Å²) < 4.78 is 5.29. The number of carbonyl (C=O) groups excluding carboxylic acids is 1. The highest BCUT2D eigenvalue weighted by atomic mass is 16.6. The van der Waals surface area contributed by atoms with Crippen LogP contribution in [0, 0.1) is 0 Å². The highest BCUT2D eigenvalue weighted by molar-refractivity contribution is 5.68. The maximum absolute atomic E-state index is 11.8. The highest BCUT2D eigenvalue weighted by Crippen LogP contribution is 2.21. The molecular weight excluding hydrogens is 242 g/mol. The third kappa shape index (κ3) is 3.92. The van der Waals surface area contributed by atoms with Gasteiger partial charge in [-0.25, -0.2) is 4.79 Å². The minimum atomic E-state index is -0.476. The molecule has 1 aliphatic rings. The molecule has 1 amide bonds. The maximum atomic E-state index is 11.8. The van der Waals surface area contributed by atoms with E-state index in [1.165, 1.54) is 0 Å². The fourth-order valence-electron chi connectivity index (χ4n) is 2.20. The average Bonchev–Trinajstić information content (AvgIpc) is 2.75. The Labute approximate surface area is 113 Å². The summed E-state index contributed by atoms with van der Waals surface area (Å²) in [5.74, 6) is 0.189. The predicted molar refractivity (Wildman–Crippen MR) is 73.0 cm³/mol. The second kappa shape index (κ2) is 5.57. The molecule has 1 aliphatic heterocycles. The Morgan fingerprint density at radius 2 is 2.21 bits per heavy atom. The zero-order chi connectivity index (χ0) is 13.9. The lowest BCUT2D eigenvalue weighted by molar-refractivity contribution is 0.0504. The third-order valence-corrected chi connectivity index (χ3v) is 2.98. The normalized spacial score (nSPS) is 23.1. The van der Waals surface area contributed by atoms with Gasteiger partial charge in [0.1, 0.15) is 5.60 Å². The number of carbonyl (C=O) groups is 1. The molecule has 1 aromatic rings. The second-order valence-corrected chi connectivity index (χ2v) is 5.77. The lowest BCUT2D eigenvalue weighted by atomic mass is 9.99. The van der Waals surface area contributed by atoms with E-state index in [1.54, 1.807) is 6.20 Å². The molecule has 2 rings (SSSR count). The van der Waals surface area contributed by atoms with Gasteiger partial charge in [-0.05, 0) is 32.9 Å². The van der Waals surface area contributed by atoms with E-state index in [0.717, 1.165) is 18.8 Å². The minimum Gasteiger partial charge on any atom is -0.444 e. The van der Waals surface area contributed by atoms with Crippen molar-refractivity contribution in [1.29, 1.82) is 0 Å². The molecule has 0 aromatic carbocycles. The van der Waals surface area contributed by atoms with E-state index in [-0.39, 0.29) is 18.1 Å². The van der Waals surface area contributed by atoms with Crippen molar-refractivity contribution in [3.63, 3.8) is 0 Å². The van der Waals surface area contributed by atoms with Gasteiger partial charge in [0, 0.05) is 30.9 Å². The first-order valence-corrected chi connectivity index (χ1v) is 6.57. The Kier molecular flexibility index (Phi) is 4.04. The molecule has 5 heteroatoms. The Hall–Kier alpha value is -1.62. The molecule has 0 unspecified atom stereocenters. The number of hydrogen-bond donors (Lipinski definition) is 2. The first-order chi connectivity index (χ1) is 8.96.